The first-order valence-corrected chi connectivity index (χ1v) is 10.5. The van der Waals surface area contributed by atoms with E-state index in [0.29, 0.717) is 27.7 Å². The Bertz CT molecular complexity index is 1250. The Kier molecular flexibility index (Phi) is 5.71. The van der Waals surface area contributed by atoms with E-state index < -0.39 is 11.9 Å². The first kappa shape index (κ1) is 21.0. The summed E-state index contributed by atoms with van der Waals surface area (Å²) in [6.07, 6.45) is 1.51. The number of nitrogens with zero attached hydrogens (tertiary/aromatic N) is 1. The van der Waals surface area contributed by atoms with E-state index in [9.17, 15) is 19.5 Å². The van der Waals surface area contributed by atoms with Crippen molar-refractivity contribution in [1.82, 2.24) is 4.90 Å². The van der Waals surface area contributed by atoms with Gasteiger partial charge in [-0.25, -0.2) is 4.79 Å². The standard InChI is InChI=1S/C23H16ClNO5S/c1-13-6-7-14(22(27)28)10-17(13)19-9-8-16(30-19)11-20-21(26)25(23(29)31-20)12-15-4-2-3-5-18(15)24/h2-11H,12H2,1H3,(H,27,28)/b20-11-. The molecule has 4 rings (SSSR count). The Morgan fingerprint density at radius 2 is 1.94 bits per heavy atom. The molecule has 156 valence electrons. The summed E-state index contributed by atoms with van der Waals surface area (Å²) in [6, 6.07) is 15.2. The van der Waals surface area contributed by atoms with Crippen LogP contribution < -0.4 is 0 Å². The predicted molar refractivity (Wildman–Crippen MR) is 119 cm³/mol. The van der Waals surface area contributed by atoms with Crippen molar-refractivity contribution in [2.75, 3.05) is 0 Å². The second-order valence-electron chi connectivity index (χ2n) is 6.90. The monoisotopic (exact) mass is 453 g/mol. The van der Waals surface area contributed by atoms with E-state index in [1.807, 2.05) is 6.92 Å². The number of hydrogen-bond acceptors (Lipinski definition) is 5. The van der Waals surface area contributed by atoms with Crippen LogP contribution in [-0.2, 0) is 11.3 Å². The van der Waals surface area contributed by atoms with E-state index in [4.69, 9.17) is 16.0 Å². The number of carboxylic acid groups (broad SMARTS) is 1. The lowest BCUT2D eigenvalue weighted by molar-refractivity contribution is -0.123. The molecule has 2 amide bonds. The van der Waals surface area contributed by atoms with Crippen molar-refractivity contribution in [2.24, 2.45) is 0 Å². The van der Waals surface area contributed by atoms with Gasteiger partial charge in [-0.3, -0.25) is 14.5 Å². The van der Waals surface area contributed by atoms with Gasteiger partial charge in [0, 0.05) is 16.7 Å². The molecule has 0 unspecified atom stereocenters. The number of aromatic carboxylic acids is 1. The van der Waals surface area contributed by atoms with E-state index in [2.05, 4.69) is 0 Å². The molecule has 1 aliphatic heterocycles. The minimum absolute atomic E-state index is 0.0895. The van der Waals surface area contributed by atoms with Gasteiger partial charge in [-0.15, -0.1) is 0 Å². The van der Waals surface area contributed by atoms with Crippen LogP contribution in [0.2, 0.25) is 5.02 Å². The molecule has 1 saturated heterocycles. The summed E-state index contributed by atoms with van der Waals surface area (Å²) in [5, 5.41) is 9.32. The van der Waals surface area contributed by atoms with Gasteiger partial charge in [0.05, 0.1) is 17.0 Å². The van der Waals surface area contributed by atoms with Crippen LogP contribution in [0.3, 0.4) is 0 Å². The van der Waals surface area contributed by atoms with Crippen molar-refractivity contribution >= 4 is 46.6 Å². The molecule has 8 heteroatoms. The van der Waals surface area contributed by atoms with Crippen molar-refractivity contribution in [3.05, 3.63) is 87.0 Å². The first-order chi connectivity index (χ1) is 14.8. The van der Waals surface area contributed by atoms with Crippen LogP contribution in [-0.4, -0.2) is 27.1 Å². The fraction of sp³-hybridized carbons (Fsp3) is 0.0870. The number of rotatable bonds is 5. The van der Waals surface area contributed by atoms with E-state index in [1.54, 1.807) is 42.5 Å². The van der Waals surface area contributed by atoms with E-state index in [1.165, 1.54) is 18.2 Å². The van der Waals surface area contributed by atoms with Crippen molar-refractivity contribution < 1.29 is 23.9 Å². The number of imide groups is 1. The number of amides is 2. The SMILES string of the molecule is Cc1ccc(C(=O)O)cc1-c1ccc(/C=C2\SC(=O)N(Cc3ccccc3Cl)C2=O)o1. The number of carbonyl (C=O) groups excluding carboxylic acids is 2. The predicted octanol–water partition coefficient (Wildman–Crippen LogP) is 5.84. The molecule has 1 aliphatic rings. The third-order valence-electron chi connectivity index (χ3n) is 4.81. The molecule has 31 heavy (non-hydrogen) atoms. The molecule has 2 aromatic carbocycles. The second-order valence-corrected chi connectivity index (χ2v) is 8.30. The fourth-order valence-corrected chi connectivity index (χ4v) is 4.17. The number of benzene rings is 2. The van der Waals surface area contributed by atoms with Crippen molar-refractivity contribution in [3.8, 4) is 11.3 Å². The quantitative estimate of drug-likeness (QED) is 0.488. The van der Waals surface area contributed by atoms with E-state index in [-0.39, 0.29) is 22.3 Å². The number of furan rings is 1. The Hall–Kier alpha value is -3.29. The summed E-state index contributed by atoms with van der Waals surface area (Å²) >= 11 is 6.98. The lowest BCUT2D eigenvalue weighted by Crippen LogP contribution is -2.27. The highest BCUT2D eigenvalue weighted by atomic mass is 35.5. The van der Waals surface area contributed by atoms with Gasteiger partial charge in [-0.1, -0.05) is 35.9 Å². The van der Waals surface area contributed by atoms with Gasteiger partial charge < -0.3 is 9.52 Å². The van der Waals surface area contributed by atoms with Crippen LogP contribution in [0.5, 0.6) is 0 Å². The largest absolute Gasteiger partial charge is 0.478 e. The molecule has 0 aliphatic carbocycles. The number of thioether (sulfide) groups is 1. The molecular formula is C23H16ClNO5S. The molecule has 0 saturated carbocycles. The van der Waals surface area contributed by atoms with Gasteiger partial charge in [0.2, 0.25) is 0 Å². The highest BCUT2D eigenvalue weighted by Crippen LogP contribution is 2.35. The van der Waals surface area contributed by atoms with Crippen molar-refractivity contribution in [1.29, 1.82) is 0 Å². The Labute approximate surface area is 187 Å². The number of carbonyl (C=O) groups is 3. The van der Waals surface area contributed by atoms with Crippen LogP contribution in [0.25, 0.3) is 17.4 Å². The van der Waals surface area contributed by atoms with Crippen molar-refractivity contribution in [2.45, 2.75) is 13.5 Å². The second kappa shape index (κ2) is 8.45. The maximum Gasteiger partial charge on any atom is 0.335 e. The summed E-state index contributed by atoms with van der Waals surface area (Å²) in [5.41, 5.74) is 2.33. The van der Waals surface area contributed by atoms with Gasteiger partial charge in [-0.05, 0) is 60.1 Å². The minimum atomic E-state index is -1.03. The summed E-state index contributed by atoms with van der Waals surface area (Å²) in [7, 11) is 0. The summed E-state index contributed by atoms with van der Waals surface area (Å²) in [4.78, 5) is 37.8. The van der Waals surface area contributed by atoms with Gasteiger partial charge in [-0.2, -0.15) is 0 Å². The lowest BCUT2D eigenvalue weighted by Gasteiger charge is -2.13. The topological polar surface area (TPSA) is 87.8 Å². The molecule has 1 fully saturated rings. The fourth-order valence-electron chi connectivity index (χ4n) is 3.16. The molecule has 2 heterocycles. The van der Waals surface area contributed by atoms with Gasteiger partial charge in [0.25, 0.3) is 11.1 Å². The molecular weight excluding hydrogens is 438 g/mol. The van der Waals surface area contributed by atoms with Crippen LogP contribution in [0, 0.1) is 6.92 Å². The average Bonchev–Trinajstić information content (AvgIpc) is 3.30. The van der Waals surface area contributed by atoms with E-state index >= 15 is 0 Å². The zero-order valence-electron chi connectivity index (χ0n) is 16.3. The van der Waals surface area contributed by atoms with Crippen LogP contribution in [0.15, 0.2) is 63.9 Å². The van der Waals surface area contributed by atoms with Crippen LogP contribution in [0.4, 0.5) is 4.79 Å². The summed E-state index contributed by atoms with van der Waals surface area (Å²) in [5.74, 6) is -0.585. The smallest absolute Gasteiger partial charge is 0.335 e. The molecule has 0 spiro atoms. The van der Waals surface area contributed by atoms with E-state index in [0.717, 1.165) is 22.2 Å². The van der Waals surface area contributed by atoms with Crippen LogP contribution >= 0.6 is 23.4 Å². The van der Waals surface area contributed by atoms with Crippen LogP contribution in [0.1, 0.15) is 27.2 Å². The number of hydrogen-bond donors (Lipinski definition) is 1. The number of aryl methyl sites for hydroxylation is 1. The average molecular weight is 454 g/mol. The Balaban J connectivity index is 1.58. The molecule has 1 N–H and O–H groups in total. The zero-order valence-corrected chi connectivity index (χ0v) is 17.9. The Morgan fingerprint density at radius 3 is 2.68 bits per heavy atom. The Morgan fingerprint density at radius 1 is 1.16 bits per heavy atom. The molecule has 6 nitrogen and oxygen atoms in total. The third-order valence-corrected chi connectivity index (χ3v) is 6.09. The highest BCUT2D eigenvalue weighted by Gasteiger charge is 2.35. The molecule has 1 aromatic heterocycles. The first-order valence-electron chi connectivity index (χ1n) is 9.26. The maximum atomic E-state index is 12.8. The highest BCUT2D eigenvalue weighted by molar-refractivity contribution is 8.18. The van der Waals surface area contributed by atoms with Gasteiger partial charge >= 0.3 is 5.97 Å². The van der Waals surface area contributed by atoms with Crippen molar-refractivity contribution in [3.63, 3.8) is 0 Å². The maximum absolute atomic E-state index is 12.8. The molecule has 0 atom stereocenters. The molecule has 3 aromatic rings. The zero-order chi connectivity index (χ0) is 22.1. The van der Waals surface area contributed by atoms with Gasteiger partial charge in [0.1, 0.15) is 11.5 Å². The number of halogens is 1. The minimum Gasteiger partial charge on any atom is -0.478 e. The lowest BCUT2D eigenvalue weighted by atomic mass is 10.0. The summed E-state index contributed by atoms with van der Waals surface area (Å²) < 4.78 is 5.82. The molecule has 0 bridgehead atoms. The third kappa shape index (κ3) is 4.28. The molecule has 0 radical (unpaired) electrons. The normalized spacial score (nSPS) is 15.2. The number of carboxylic acids is 1. The summed E-state index contributed by atoms with van der Waals surface area (Å²) in [6.45, 7) is 1.94. The van der Waals surface area contributed by atoms with Gasteiger partial charge in [0.15, 0.2) is 0 Å².